The van der Waals surface area contributed by atoms with E-state index in [1.54, 1.807) is 0 Å². The number of hydrogen-bond donors (Lipinski definition) is 1. The predicted octanol–water partition coefficient (Wildman–Crippen LogP) is 1.54. The summed E-state index contributed by atoms with van der Waals surface area (Å²) in [5.74, 6) is 0.756. The second-order valence-corrected chi connectivity index (χ2v) is 4.44. The molecule has 2 aliphatic rings. The van der Waals surface area contributed by atoms with Crippen LogP contribution in [0.3, 0.4) is 0 Å². The molecule has 2 N–H and O–H groups in total. The minimum Gasteiger partial charge on any atom is -0.381 e. The lowest BCUT2D eigenvalue weighted by Gasteiger charge is -2.32. The van der Waals surface area contributed by atoms with E-state index in [4.69, 9.17) is 10.5 Å². The van der Waals surface area contributed by atoms with Crippen LogP contribution in [0.25, 0.3) is 0 Å². The Morgan fingerprint density at radius 2 is 2.25 bits per heavy atom. The summed E-state index contributed by atoms with van der Waals surface area (Å²) in [6.07, 6.45) is 5.23. The lowest BCUT2D eigenvalue weighted by atomic mass is 9.80. The highest BCUT2D eigenvalue weighted by atomic mass is 16.5. The van der Waals surface area contributed by atoms with Crippen molar-refractivity contribution in [3.05, 3.63) is 0 Å². The molecule has 1 aliphatic heterocycles. The molecule has 0 aromatic heterocycles. The zero-order chi connectivity index (χ0) is 8.60. The molecule has 1 saturated carbocycles. The smallest absolute Gasteiger partial charge is 0.0500 e. The zero-order valence-electron chi connectivity index (χ0n) is 7.88. The topological polar surface area (TPSA) is 35.2 Å². The van der Waals surface area contributed by atoms with Gasteiger partial charge in [-0.15, -0.1) is 0 Å². The zero-order valence-corrected chi connectivity index (χ0v) is 7.88. The molecule has 0 amide bonds. The molecule has 0 radical (unpaired) electrons. The highest BCUT2D eigenvalue weighted by Crippen LogP contribution is 2.56. The van der Waals surface area contributed by atoms with E-state index in [2.05, 4.69) is 6.92 Å². The third-order valence-corrected chi connectivity index (χ3v) is 3.71. The maximum atomic E-state index is 6.01. The minimum absolute atomic E-state index is 0.365. The molecule has 0 bridgehead atoms. The van der Waals surface area contributed by atoms with E-state index in [0.717, 1.165) is 19.1 Å². The molecule has 2 heteroatoms. The molecule has 12 heavy (non-hydrogen) atoms. The standard InChI is InChI=1S/C10H19NO/c1-8(11)10(4-5-10)9-3-2-6-12-7-9/h8-9H,2-7,11H2,1H3. The summed E-state index contributed by atoms with van der Waals surface area (Å²) in [5.41, 5.74) is 6.48. The van der Waals surface area contributed by atoms with Crippen molar-refractivity contribution in [1.29, 1.82) is 0 Å². The van der Waals surface area contributed by atoms with Gasteiger partial charge in [-0.3, -0.25) is 0 Å². The Labute approximate surface area is 74.5 Å². The molecule has 0 aromatic carbocycles. The molecular weight excluding hydrogens is 150 g/mol. The first-order valence-electron chi connectivity index (χ1n) is 5.09. The molecule has 1 aliphatic carbocycles. The summed E-state index contributed by atoms with van der Waals surface area (Å²) in [7, 11) is 0. The van der Waals surface area contributed by atoms with Crippen LogP contribution in [-0.2, 0) is 4.74 Å². The fraction of sp³-hybridized carbons (Fsp3) is 1.00. The van der Waals surface area contributed by atoms with Crippen LogP contribution >= 0.6 is 0 Å². The van der Waals surface area contributed by atoms with Gasteiger partial charge in [-0.1, -0.05) is 0 Å². The van der Waals surface area contributed by atoms with Gasteiger partial charge < -0.3 is 10.5 Å². The Hall–Kier alpha value is -0.0800. The molecule has 2 nitrogen and oxygen atoms in total. The van der Waals surface area contributed by atoms with Crippen molar-refractivity contribution >= 4 is 0 Å². The van der Waals surface area contributed by atoms with Crippen LogP contribution < -0.4 is 5.73 Å². The monoisotopic (exact) mass is 169 g/mol. The molecule has 1 heterocycles. The number of rotatable bonds is 2. The van der Waals surface area contributed by atoms with Gasteiger partial charge in [0, 0.05) is 19.3 Å². The largest absolute Gasteiger partial charge is 0.381 e. The van der Waals surface area contributed by atoms with Crippen LogP contribution in [0.1, 0.15) is 32.6 Å². The van der Waals surface area contributed by atoms with Crippen molar-refractivity contribution in [2.75, 3.05) is 13.2 Å². The van der Waals surface area contributed by atoms with Crippen LogP contribution in [0.5, 0.6) is 0 Å². The van der Waals surface area contributed by atoms with E-state index in [1.807, 2.05) is 0 Å². The summed E-state index contributed by atoms with van der Waals surface area (Å²) in [5, 5.41) is 0. The van der Waals surface area contributed by atoms with Crippen LogP contribution in [0.4, 0.5) is 0 Å². The highest BCUT2D eigenvalue weighted by Gasteiger charge is 2.51. The van der Waals surface area contributed by atoms with E-state index >= 15 is 0 Å². The normalized spacial score (nSPS) is 36.0. The average molecular weight is 169 g/mol. The van der Waals surface area contributed by atoms with E-state index in [1.165, 1.54) is 25.7 Å². The van der Waals surface area contributed by atoms with Gasteiger partial charge >= 0.3 is 0 Å². The van der Waals surface area contributed by atoms with Crippen molar-refractivity contribution in [1.82, 2.24) is 0 Å². The molecule has 1 saturated heterocycles. The van der Waals surface area contributed by atoms with Crippen molar-refractivity contribution < 1.29 is 4.74 Å². The van der Waals surface area contributed by atoms with E-state index < -0.39 is 0 Å². The number of nitrogens with two attached hydrogens (primary N) is 1. The van der Waals surface area contributed by atoms with E-state index in [9.17, 15) is 0 Å². The highest BCUT2D eigenvalue weighted by molar-refractivity contribution is 5.03. The minimum atomic E-state index is 0.365. The predicted molar refractivity (Wildman–Crippen MR) is 48.9 cm³/mol. The van der Waals surface area contributed by atoms with Gasteiger partial charge in [0.25, 0.3) is 0 Å². The van der Waals surface area contributed by atoms with Crippen molar-refractivity contribution in [3.8, 4) is 0 Å². The Bertz CT molecular complexity index is 157. The van der Waals surface area contributed by atoms with E-state index in [-0.39, 0.29) is 0 Å². The fourth-order valence-corrected chi connectivity index (χ4v) is 2.57. The summed E-state index contributed by atoms with van der Waals surface area (Å²) in [6, 6.07) is 0.365. The van der Waals surface area contributed by atoms with Gasteiger partial charge in [-0.25, -0.2) is 0 Å². The Kier molecular flexibility index (Phi) is 2.13. The Balaban J connectivity index is 1.97. The Morgan fingerprint density at radius 3 is 2.67 bits per heavy atom. The lowest BCUT2D eigenvalue weighted by molar-refractivity contribution is 0.0185. The van der Waals surface area contributed by atoms with Crippen molar-refractivity contribution in [2.45, 2.75) is 38.6 Å². The van der Waals surface area contributed by atoms with Gasteiger partial charge in [-0.2, -0.15) is 0 Å². The van der Waals surface area contributed by atoms with Gasteiger partial charge in [0.1, 0.15) is 0 Å². The number of ether oxygens (including phenoxy) is 1. The molecule has 70 valence electrons. The third-order valence-electron chi connectivity index (χ3n) is 3.71. The van der Waals surface area contributed by atoms with Gasteiger partial charge in [-0.05, 0) is 43.9 Å². The van der Waals surface area contributed by atoms with Crippen LogP contribution in [-0.4, -0.2) is 19.3 Å². The summed E-state index contributed by atoms with van der Waals surface area (Å²) in [4.78, 5) is 0. The van der Waals surface area contributed by atoms with Crippen LogP contribution in [0.2, 0.25) is 0 Å². The summed E-state index contributed by atoms with van der Waals surface area (Å²) < 4.78 is 5.50. The molecule has 0 spiro atoms. The fourth-order valence-electron chi connectivity index (χ4n) is 2.57. The summed E-state index contributed by atoms with van der Waals surface area (Å²) >= 11 is 0. The Morgan fingerprint density at radius 1 is 1.50 bits per heavy atom. The first kappa shape index (κ1) is 8.52. The van der Waals surface area contributed by atoms with E-state index in [0.29, 0.717) is 11.5 Å². The maximum absolute atomic E-state index is 6.01. The molecule has 2 rings (SSSR count). The second-order valence-electron chi connectivity index (χ2n) is 4.44. The maximum Gasteiger partial charge on any atom is 0.0500 e. The van der Waals surface area contributed by atoms with Gasteiger partial charge in [0.2, 0.25) is 0 Å². The van der Waals surface area contributed by atoms with Crippen LogP contribution in [0, 0.1) is 11.3 Å². The molecule has 2 unspecified atom stereocenters. The molecule has 0 aromatic rings. The third kappa shape index (κ3) is 1.27. The molecule has 2 atom stereocenters. The van der Waals surface area contributed by atoms with Crippen LogP contribution in [0.15, 0.2) is 0 Å². The van der Waals surface area contributed by atoms with Crippen molar-refractivity contribution in [3.63, 3.8) is 0 Å². The summed E-state index contributed by atoms with van der Waals surface area (Å²) in [6.45, 7) is 4.08. The average Bonchev–Trinajstić information content (AvgIpc) is 2.86. The number of hydrogen-bond acceptors (Lipinski definition) is 2. The second kappa shape index (κ2) is 3.00. The van der Waals surface area contributed by atoms with Gasteiger partial charge in [0.05, 0.1) is 0 Å². The lowest BCUT2D eigenvalue weighted by Crippen LogP contribution is -2.38. The quantitative estimate of drug-likeness (QED) is 0.680. The molecule has 2 fully saturated rings. The van der Waals surface area contributed by atoms with Gasteiger partial charge in [0.15, 0.2) is 0 Å². The first-order chi connectivity index (χ1) is 5.76. The molecular formula is C10H19NO. The first-order valence-corrected chi connectivity index (χ1v) is 5.09. The van der Waals surface area contributed by atoms with Crippen molar-refractivity contribution in [2.24, 2.45) is 17.1 Å². The SMILES string of the molecule is CC(N)C1(C2CCCOC2)CC1.